The van der Waals surface area contributed by atoms with Crippen molar-refractivity contribution in [3.8, 4) is 0 Å². The second kappa shape index (κ2) is 7.67. The summed E-state index contributed by atoms with van der Waals surface area (Å²) in [6.07, 6.45) is 0.599. The average Bonchev–Trinajstić information content (AvgIpc) is 2.19. The Bertz CT molecular complexity index is 134. The number of rotatable bonds is 8. The summed E-state index contributed by atoms with van der Waals surface area (Å²) in [5.41, 5.74) is 0. The molecule has 0 bridgehead atoms. The molecule has 0 spiro atoms. The van der Waals surface area contributed by atoms with E-state index in [9.17, 15) is 0 Å². The van der Waals surface area contributed by atoms with Crippen LogP contribution in [0.2, 0.25) is 6.04 Å². The lowest BCUT2D eigenvalue weighted by Crippen LogP contribution is -2.42. The van der Waals surface area contributed by atoms with Gasteiger partial charge in [0.05, 0.1) is 6.61 Å². The first-order chi connectivity index (χ1) is 6.60. The van der Waals surface area contributed by atoms with E-state index >= 15 is 0 Å². The summed E-state index contributed by atoms with van der Waals surface area (Å²) in [5.74, 6) is 0. The van der Waals surface area contributed by atoms with Crippen molar-refractivity contribution in [1.82, 2.24) is 0 Å². The molecule has 0 aliphatic carbocycles. The largest absolute Gasteiger partial charge is 0.500 e. The van der Waals surface area contributed by atoms with Crippen LogP contribution >= 0.6 is 8.60 Å². The molecule has 0 saturated heterocycles. The van der Waals surface area contributed by atoms with Gasteiger partial charge >= 0.3 is 17.4 Å². The van der Waals surface area contributed by atoms with Crippen LogP contribution in [-0.4, -0.2) is 46.5 Å². The highest BCUT2D eigenvalue weighted by atomic mass is 31.2. The first kappa shape index (κ1) is 14.4. The normalized spacial score (nSPS) is 12.4. The lowest BCUT2D eigenvalue weighted by Gasteiger charge is -2.24. The molecule has 2 N–H and O–H groups in total. The zero-order valence-electron chi connectivity index (χ0n) is 8.60. The molecular formula is C6H17O6PSi. The molecule has 0 amide bonds. The fourth-order valence-corrected chi connectivity index (χ4v) is 2.97. The smallest absolute Gasteiger partial charge is 0.377 e. The molecule has 0 fully saturated rings. The molecule has 0 aromatic carbocycles. The maximum atomic E-state index is 8.47. The zero-order chi connectivity index (χ0) is 11.0. The van der Waals surface area contributed by atoms with E-state index in [4.69, 9.17) is 23.1 Å². The Hall–Kier alpha value is 0.407. The molecule has 0 aliphatic rings. The molecule has 0 heterocycles. The second-order valence-corrected chi connectivity index (χ2v) is 6.34. The van der Waals surface area contributed by atoms with E-state index in [-0.39, 0.29) is 6.61 Å². The van der Waals surface area contributed by atoms with Gasteiger partial charge in [-0.1, -0.05) is 0 Å². The van der Waals surface area contributed by atoms with Crippen LogP contribution in [0.4, 0.5) is 0 Å². The molecule has 6 nitrogen and oxygen atoms in total. The van der Waals surface area contributed by atoms with E-state index in [1.54, 1.807) is 0 Å². The monoisotopic (exact) mass is 244 g/mol. The van der Waals surface area contributed by atoms with Crippen LogP contribution in [0.15, 0.2) is 0 Å². The molecule has 0 aromatic heterocycles. The summed E-state index contributed by atoms with van der Waals surface area (Å²) in [6, 6.07) is 0.583. The third-order valence-electron chi connectivity index (χ3n) is 1.77. The molecule has 8 heteroatoms. The third-order valence-corrected chi connectivity index (χ3v) is 5.01. The van der Waals surface area contributed by atoms with Crippen LogP contribution in [0, 0.1) is 0 Å². The molecule has 0 aliphatic heterocycles. The van der Waals surface area contributed by atoms with E-state index in [1.165, 1.54) is 21.3 Å². The highest BCUT2D eigenvalue weighted by Gasteiger charge is 2.36. The molecule has 14 heavy (non-hydrogen) atoms. The zero-order valence-corrected chi connectivity index (χ0v) is 10.5. The minimum Gasteiger partial charge on any atom is -0.377 e. The molecule has 0 aromatic rings. The molecule has 0 rings (SSSR count). The van der Waals surface area contributed by atoms with Gasteiger partial charge in [-0.2, -0.15) is 0 Å². The molecule has 0 atom stereocenters. The van der Waals surface area contributed by atoms with Gasteiger partial charge in [0.1, 0.15) is 0 Å². The van der Waals surface area contributed by atoms with Crippen LogP contribution in [0.5, 0.6) is 0 Å². The SMILES string of the molecule is CO[Si](CCCOP(O)O)(OC)OC. The topological polar surface area (TPSA) is 77.4 Å². The standard InChI is InChI=1S/C6H17O6PSi/c1-9-14(10-2,11-3)6-4-5-12-13(7)8/h7-8H,4-6H2,1-3H3. The molecular weight excluding hydrogens is 227 g/mol. The minimum absolute atomic E-state index is 0.254. The fourth-order valence-electron chi connectivity index (χ4n) is 0.991. The van der Waals surface area contributed by atoms with Crippen molar-refractivity contribution in [2.24, 2.45) is 0 Å². The van der Waals surface area contributed by atoms with Crippen molar-refractivity contribution in [3.05, 3.63) is 0 Å². The van der Waals surface area contributed by atoms with Crippen molar-refractivity contribution in [2.75, 3.05) is 27.9 Å². The quantitative estimate of drug-likeness (QED) is 0.367. The lowest BCUT2D eigenvalue weighted by atomic mass is 10.5. The van der Waals surface area contributed by atoms with E-state index in [0.717, 1.165) is 0 Å². The van der Waals surface area contributed by atoms with Crippen molar-refractivity contribution in [1.29, 1.82) is 0 Å². The Balaban J connectivity index is 3.71. The highest BCUT2D eigenvalue weighted by molar-refractivity contribution is 7.39. The van der Waals surface area contributed by atoms with Gasteiger partial charge in [-0.05, 0) is 6.42 Å². The van der Waals surface area contributed by atoms with Crippen LogP contribution in [0.3, 0.4) is 0 Å². The van der Waals surface area contributed by atoms with Crippen molar-refractivity contribution in [2.45, 2.75) is 12.5 Å². The van der Waals surface area contributed by atoms with Gasteiger partial charge in [-0.25, -0.2) is 0 Å². The Morgan fingerprint density at radius 3 is 1.93 bits per heavy atom. The second-order valence-electron chi connectivity index (χ2n) is 2.48. The lowest BCUT2D eigenvalue weighted by molar-refractivity contribution is 0.120. The van der Waals surface area contributed by atoms with Crippen molar-refractivity contribution >= 4 is 17.4 Å². The summed E-state index contributed by atoms with van der Waals surface area (Å²) >= 11 is 0. The summed E-state index contributed by atoms with van der Waals surface area (Å²) in [6.45, 7) is 0.254. The van der Waals surface area contributed by atoms with Crippen molar-refractivity contribution in [3.63, 3.8) is 0 Å². The molecule has 0 radical (unpaired) electrons. The Labute approximate surface area is 86.1 Å². The highest BCUT2D eigenvalue weighted by Crippen LogP contribution is 2.25. The van der Waals surface area contributed by atoms with E-state index in [1.807, 2.05) is 0 Å². The maximum Gasteiger partial charge on any atom is 0.500 e. The molecule has 86 valence electrons. The summed E-state index contributed by atoms with van der Waals surface area (Å²) in [4.78, 5) is 16.9. The number of hydrogen-bond acceptors (Lipinski definition) is 6. The predicted octanol–water partition coefficient (Wildman–Crippen LogP) is 0.483. The Morgan fingerprint density at radius 2 is 1.57 bits per heavy atom. The predicted molar refractivity (Wildman–Crippen MR) is 53.5 cm³/mol. The Kier molecular flexibility index (Phi) is 7.89. The van der Waals surface area contributed by atoms with Crippen molar-refractivity contribution < 1.29 is 27.6 Å². The minimum atomic E-state index is -2.53. The van der Waals surface area contributed by atoms with E-state index < -0.39 is 17.4 Å². The van der Waals surface area contributed by atoms with Gasteiger partial charge in [0.2, 0.25) is 0 Å². The van der Waals surface area contributed by atoms with E-state index in [0.29, 0.717) is 12.5 Å². The Morgan fingerprint density at radius 1 is 1.07 bits per heavy atom. The fraction of sp³-hybridized carbons (Fsp3) is 1.00. The summed E-state index contributed by atoms with van der Waals surface area (Å²) < 4.78 is 20.1. The first-order valence-electron chi connectivity index (χ1n) is 4.06. The van der Waals surface area contributed by atoms with Gasteiger partial charge in [-0.15, -0.1) is 0 Å². The van der Waals surface area contributed by atoms with Crippen LogP contribution in [0.1, 0.15) is 6.42 Å². The van der Waals surface area contributed by atoms with Crippen LogP contribution < -0.4 is 0 Å². The van der Waals surface area contributed by atoms with Gasteiger partial charge in [0.15, 0.2) is 0 Å². The van der Waals surface area contributed by atoms with Gasteiger partial charge in [0, 0.05) is 27.4 Å². The van der Waals surface area contributed by atoms with Gasteiger partial charge in [0.25, 0.3) is 0 Å². The average molecular weight is 244 g/mol. The molecule has 0 unspecified atom stereocenters. The molecule has 0 saturated carbocycles. The van der Waals surface area contributed by atoms with Gasteiger partial charge < -0.3 is 27.6 Å². The summed E-state index contributed by atoms with van der Waals surface area (Å²) in [5, 5.41) is 0. The van der Waals surface area contributed by atoms with Crippen LogP contribution in [0.25, 0.3) is 0 Å². The number of hydrogen-bond donors (Lipinski definition) is 2. The van der Waals surface area contributed by atoms with Crippen LogP contribution in [-0.2, 0) is 17.8 Å². The summed E-state index contributed by atoms with van der Waals surface area (Å²) in [7, 11) is -0.195. The van der Waals surface area contributed by atoms with E-state index in [2.05, 4.69) is 4.52 Å². The van der Waals surface area contributed by atoms with Gasteiger partial charge in [-0.3, -0.25) is 0 Å². The maximum absolute atomic E-state index is 8.47. The first-order valence-corrected chi connectivity index (χ1v) is 7.16. The third kappa shape index (κ3) is 5.33.